The lowest BCUT2D eigenvalue weighted by atomic mass is 10.2. The van der Waals surface area contributed by atoms with Crippen molar-refractivity contribution in [1.29, 1.82) is 0 Å². The maximum absolute atomic E-state index is 13.9. The van der Waals surface area contributed by atoms with Crippen molar-refractivity contribution in [3.8, 4) is 0 Å². The Labute approximate surface area is 154 Å². The molecule has 0 spiro atoms. The van der Waals surface area contributed by atoms with E-state index >= 15 is 0 Å². The van der Waals surface area contributed by atoms with Crippen molar-refractivity contribution < 1.29 is 22.4 Å². The fourth-order valence-corrected chi connectivity index (χ4v) is 3.05. The second-order valence-corrected chi connectivity index (χ2v) is 7.94. The van der Waals surface area contributed by atoms with E-state index in [4.69, 9.17) is 11.6 Å². The average Bonchev–Trinajstić information content (AvgIpc) is 2.59. The smallest absolute Gasteiger partial charge is 0.267 e. The first-order valence-electron chi connectivity index (χ1n) is 7.21. The molecule has 26 heavy (non-hydrogen) atoms. The molecule has 0 aliphatic heterocycles. The molecule has 0 radical (unpaired) electrons. The predicted octanol–water partition coefficient (Wildman–Crippen LogP) is 1.80. The topological polar surface area (TPSA) is 95.6 Å². The van der Waals surface area contributed by atoms with E-state index in [9.17, 15) is 22.4 Å². The predicted molar refractivity (Wildman–Crippen MR) is 93.7 cm³/mol. The zero-order valence-corrected chi connectivity index (χ0v) is 15.4. The number of benzene rings is 2. The van der Waals surface area contributed by atoms with Crippen LogP contribution in [0.3, 0.4) is 0 Å². The number of carbonyl (C=O) groups is 2. The van der Waals surface area contributed by atoms with Gasteiger partial charge in [-0.3, -0.25) is 20.4 Å². The van der Waals surface area contributed by atoms with Crippen LogP contribution in [0.1, 0.15) is 20.7 Å². The van der Waals surface area contributed by atoms with E-state index in [-0.39, 0.29) is 10.5 Å². The second-order valence-electron chi connectivity index (χ2n) is 5.35. The van der Waals surface area contributed by atoms with Gasteiger partial charge in [-0.15, -0.1) is 0 Å². The molecule has 0 aliphatic carbocycles. The van der Waals surface area contributed by atoms with Crippen LogP contribution in [-0.2, 0) is 10.0 Å². The van der Waals surface area contributed by atoms with Gasteiger partial charge in [-0.05, 0) is 36.4 Å². The van der Waals surface area contributed by atoms with Gasteiger partial charge >= 0.3 is 0 Å². The van der Waals surface area contributed by atoms with Crippen LogP contribution in [0.5, 0.6) is 0 Å². The van der Waals surface area contributed by atoms with Crippen molar-refractivity contribution in [2.75, 3.05) is 14.1 Å². The third kappa shape index (κ3) is 4.37. The lowest BCUT2D eigenvalue weighted by molar-refractivity contribution is 0.0844. The molecule has 10 heteroatoms. The minimum atomic E-state index is -3.84. The molecular weight excluding hydrogens is 385 g/mol. The first-order chi connectivity index (χ1) is 12.1. The molecule has 7 nitrogen and oxygen atoms in total. The van der Waals surface area contributed by atoms with Crippen LogP contribution in [0, 0.1) is 5.82 Å². The molecule has 0 bridgehead atoms. The monoisotopic (exact) mass is 399 g/mol. The van der Waals surface area contributed by atoms with Gasteiger partial charge in [0.25, 0.3) is 11.8 Å². The third-order valence-corrected chi connectivity index (χ3v) is 5.38. The molecule has 0 unspecified atom stereocenters. The van der Waals surface area contributed by atoms with Crippen molar-refractivity contribution in [1.82, 2.24) is 15.2 Å². The highest BCUT2D eigenvalue weighted by Crippen LogP contribution is 2.17. The molecule has 2 rings (SSSR count). The number of halogens is 2. The molecule has 0 aromatic heterocycles. The number of hydrogen-bond acceptors (Lipinski definition) is 4. The Morgan fingerprint density at radius 1 is 1.04 bits per heavy atom. The van der Waals surface area contributed by atoms with Crippen LogP contribution in [-0.4, -0.2) is 38.6 Å². The number of sulfonamides is 1. The molecule has 2 N–H and O–H groups in total. The van der Waals surface area contributed by atoms with Gasteiger partial charge in [0.15, 0.2) is 0 Å². The summed E-state index contributed by atoms with van der Waals surface area (Å²) in [5, 5.41) is 0.330. The third-order valence-electron chi connectivity index (χ3n) is 3.34. The lowest BCUT2D eigenvalue weighted by Gasteiger charge is -2.13. The Balaban J connectivity index is 2.18. The molecule has 0 saturated heterocycles. The minimum Gasteiger partial charge on any atom is -0.267 e. The van der Waals surface area contributed by atoms with Crippen molar-refractivity contribution >= 4 is 33.4 Å². The number of carbonyl (C=O) groups excluding carboxylic acids is 2. The van der Waals surface area contributed by atoms with Gasteiger partial charge in [0.2, 0.25) is 10.0 Å². The zero-order valence-electron chi connectivity index (χ0n) is 13.8. The summed E-state index contributed by atoms with van der Waals surface area (Å²) in [6.07, 6.45) is 0. The van der Waals surface area contributed by atoms with Crippen molar-refractivity contribution in [3.63, 3.8) is 0 Å². The van der Waals surface area contributed by atoms with E-state index in [0.717, 1.165) is 22.5 Å². The molecule has 2 amide bonds. The van der Waals surface area contributed by atoms with E-state index < -0.39 is 33.2 Å². The van der Waals surface area contributed by atoms with Crippen LogP contribution in [0.15, 0.2) is 47.4 Å². The highest BCUT2D eigenvalue weighted by atomic mass is 35.5. The number of rotatable bonds is 4. The van der Waals surface area contributed by atoms with Crippen LogP contribution in [0.2, 0.25) is 5.02 Å². The molecule has 0 heterocycles. The van der Waals surface area contributed by atoms with E-state index in [0.29, 0.717) is 5.02 Å². The normalized spacial score (nSPS) is 11.3. The molecule has 0 atom stereocenters. The van der Waals surface area contributed by atoms with Gasteiger partial charge in [0.05, 0.1) is 10.5 Å². The Morgan fingerprint density at radius 3 is 2.31 bits per heavy atom. The fourth-order valence-electron chi connectivity index (χ4n) is 1.93. The summed E-state index contributed by atoms with van der Waals surface area (Å²) in [6, 6.07) is 8.78. The molecule has 0 fully saturated rings. The Bertz CT molecular complexity index is 964. The van der Waals surface area contributed by atoms with Gasteiger partial charge in [-0.25, -0.2) is 17.1 Å². The number of amides is 2. The van der Waals surface area contributed by atoms with Gasteiger partial charge < -0.3 is 0 Å². The van der Waals surface area contributed by atoms with E-state index in [2.05, 4.69) is 5.43 Å². The summed E-state index contributed by atoms with van der Waals surface area (Å²) in [7, 11) is -1.23. The van der Waals surface area contributed by atoms with Gasteiger partial charge in [0, 0.05) is 24.7 Å². The minimum absolute atomic E-state index is 0.183. The highest BCUT2D eigenvalue weighted by molar-refractivity contribution is 7.89. The summed E-state index contributed by atoms with van der Waals surface area (Å²) in [5.74, 6) is -2.61. The standard InChI is InChI=1S/C16H15ClFN3O4S/c1-21(2)26(24,25)12-6-7-14(18)13(9-12)16(23)20-19-15(22)10-4-3-5-11(17)8-10/h3-9H,1-2H3,(H,19,22)(H,20,23). The summed E-state index contributed by atoms with van der Waals surface area (Å²) in [4.78, 5) is 23.8. The summed E-state index contributed by atoms with van der Waals surface area (Å²) in [6.45, 7) is 0. The Morgan fingerprint density at radius 2 is 1.69 bits per heavy atom. The number of nitrogens with zero attached hydrogens (tertiary/aromatic N) is 1. The summed E-state index contributed by atoms with van der Waals surface area (Å²) in [5.41, 5.74) is 3.80. The molecule has 2 aromatic rings. The van der Waals surface area contributed by atoms with E-state index in [1.807, 2.05) is 5.43 Å². The highest BCUT2D eigenvalue weighted by Gasteiger charge is 2.21. The van der Waals surface area contributed by atoms with Gasteiger partial charge in [-0.1, -0.05) is 17.7 Å². The second kappa shape index (κ2) is 7.81. The van der Waals surface area contributed by atoms with Crippen LogP contribution >= 0.6 is 11.6 Å². The van der Waals surface area contributed by atoms with Crippen LogP contribution in [0.25, 0.3) is 0 Å². The molecule has 138 valence electrons. The van der Waals surface area contributed by atoms with Crippen molar-refractivity contribution in [2.45, 2.75) is 4.90 Å². The largest absolute Gasteiger partial charge is 0.272 e. The van der Waals surface area contributed by atoms with Crippen molar-refractivity contribution in [3.05, 3.63) is 64.4 Å². The first kappa shape index (κ1) is 19.8. The van der Waals surface area contributed by atoms with Gasteiger partial charge in [0.1, 0.15) is 5.82 Å². The SMILES string of the molecule is CN(C)S(=O)(=O)c1ccc(F)c(C(=O)NNC(=O)c2cccc(Cl)c2)c1. The fraction of sp³-hybridized carbons (Fsp3) is 0.125. The lowest BCUT2D eigenvalue weighted by Crippen LogP contribution is -2.42. The average molecular weight is 400 g/mol. The number of nitrogens with one attached hydrogen (secondary N) is 2. The Hall–Kier alpha value is -2.49. The maximum atomic E-state index is 13.9. The first-order valence-corrected chi connectivity index (χ1v) is 9.03. The number of hydrazine groups is 1. The van der Waals surface area contributed by atoms with E-state index in [1.54, 1.807) is 12.1 Å². The van der Waals surface area contributed by atoms with Crippen molar-refractivity contribution in [2.24, 2.45) is 0 Å². The van der Waals surface area contributed by atoms with E-state index in [1.165, 1.54) is 26.2 Å². The van der Waals surface area contributed by atoms with Crippen LogP contribution in [0.4, 0.5) is 4.39 Å². The zero-order chi connectivity index (χ0) is 19.5. The summed E-state index contributed by atoms with van der Waals surface area (Å²) >= 11 is 5.78. The van der Waals surface area contributed by atoms with Crippen LogP contribution < -0.4 is 10.9 Å². The molecular formula is C16H15ClFN3O4S. The van der Waals surface area contributed by atoms with Gasteiger partial charge in [-0.2, -0.15) is 0 Å². The molecule has 2 aromatic carbocycles. The molecule has 0 aliphatic rings. The quantitative estimate of drug-likeness (QED) is 0.766. The summed E-state index contributed by atoms with van der Waals surface area (Å²) < 4.78 is 39.0. The maximum Gasteiger partial charge on any atom is 0.272 e. The Kier molecular flexibility index (Phi) is 5.96. The number of hydrogen-bond donors (Lipinski definition) is 2. The molecule has 0 saturated carbocycles.